The van der Waals surface area contributed by atoms with E-state index in [2.05, 4.69) is 27.3 Å². The Balaban J connectivity index is 1.74. The lowest BCUT2D eigenvalue weighted by molar-refractivity contribution is -0.0694. The van der Waals surface area contributed by atoms with Gasteiger partial charge in [0.15, 0.2) is 0 Å². The lowest BCUT2D eigenvalue weighted by Crippen LogP contribution is -2.63. The fraction of sp³-hybridized carbons (Fsp3) is 0.583. The number of aromatic nitrogens is 1. The molecule has 0 saturated carbocycles. The van der Waals surface area contributed by atoms with Crippen molar-refractivity contribution in [1.82, 2.24) is 15.2 Å². The van der Waals surface area contributed by atoms with Gasteiger partial charge in [0, 0.05) is 37.9 Å². The summed E-state index contributed by atoms with van der Waals surface area (Å²) < 4.78 is 5.60. The second-order valence-corrected chi connectivity index (χ2v) is 4.50. The summed E-state index contributed by atoms with van der Waals surface area (Å²) in [5, 5.41) is 3.46. The maximum Gasteiger partial charge on any atom is 0.0635 e. The summed E-state index contributed by atoms with van der Waals surface area (Å²) in [7, 11) is 0. The van der Waals surface area contributed by atoms with E-state index >= 15 is 0 Å². The van der Waals surface area contributed by atoms with E-state index in [1.807, 2.05) is 12.3 Å². The highest BCUT2D eigenvalue weighted by molar-refractivity contribution is 5.05. The third kappa shape index (κ3) is 1.96. The average Bonchev–Trinajstić information content (AvgIpc) is 2.30. The molecule has 1 aromatic heterocycles. The molecule has 2 saturated heterocycles. The summed E-state index contributed by atoms with van der Waals surface area (Å²) >= 11 is 0. The molecule has 3 rings (SSSR count). The smallest absolute Gasteiger partial charge is 0.0635 e. The van der Waals surface area contributed by atoms with Crippen molar-refractivity contribution in [3.8, 4) is 0 Å². The number of rotatable bonds is 2. The molecule has 0 radical (unpaired) electrons. The highest BCUT2D eigenvalue weighted by Gasteiger charge is 2.34. The number of morpholine rings is 1. The molecule has 2 aliphatic rings. The molecule has 16 heavy (non-hydrogen) atoms. The van der Waals surface area contributed by atoms with Gasteiger partial charge in [-0.25, -0.2) is 0 Å². The van der Waals surface area contributed by atoms with Gasteiger partial charge in [-0.2, -0.15) is 0 Å². The molecule has 4 nitrogen and oxygen atoms in total. The fourth-order valence-electron chi connectivity index (χ4n) is 2.54. The molecule has 0 amide bonds. The number of ether oxygens (including phenoxy) is 1. The quantitative estimate of drug-likeness (QED) is 0.774. The Morgan fingerprint density at radius 2 is 2.12 bits per heavy atom. The first-order valence-electron chi connectivity index (χ1n) is 5.87. The maximum atomic E-state index is 5.60. The highest BCUT2D eigenvalue weighted by atomic mass is 16.5. The highest BCUT2D eigenvalue weighted by Crippen LogP contribution is 2.18. The normalized spacial score (nSPS) is 30.2. The zero-order valence-electron chi connectivity index (χ0n) is 9.30. The van der Waals surface area contributed by atoms with Gasteiger partial charge >= 0.3 is 0 Å². The molecule has 2 bridgehead atoms. The van der Waals surface area contributed by atoms with Crippen LogP contribution in [0.25, 0.3) is 0 Å². The van der Waals surface area contributed by atoms with Gasteiger partial charge < -0.3 is 10.1 Å². The SMILES string of the molecule is c1ccc(CN2C3CNCC2COC3)nc1. The topological polar surface area (TPSA) is 37.4 Å². The minimum Gasteiger partial charge on any atom is -0.378 e. The van der Waals surface area contributed by atoms with Gasteiger partial charge in [-0.3, -0.25) is 9.88 Å². The molecule has 2 atom stereocenters. The first kappa shape index (κ1) is 10.2. The van der Waals surface area contributed by atoms with E-state index < -0.39 is 0 Å². The first-order chi connectivity index (χ1) is 7.93. The molecule has 0 spiro atoms. The van der Waals surface area contributed by atoms with Crippen LogP contribution in [-0.2, 0) is 11.3 Å². The van der Waals surface area contributed by atoms with Crippen LogP contribution in [0.2, 0.25) is 0 Å². The van der Waals surface area contributed by atoms with Crippen LogP contribution in [0.15, 0.2) is 24.4 Å². The third-order valence-electron chi connectivity index (χ3n) is 3.39. The first-order valence-corrected chi connectivity index (χ1v) is 5.87. The Morgan fingerprint density at radius 3 is 2.81 bits per heavy atom. The second-order valence-electron chi connectivity index (χ2n) is 4.50. The van der Waals surface area contributed by atoms with Gasteiger partial charge in [0.05, 0.1) is 18.9 Å². The summed E-state index contributed by atoms with van der Waals surface area (Å²) in [5.41, 5.74) is 1.15. The zero-order chi connectivity index (χ0) is 10.8. The number of nitrogens with one attached hydrogen (secondary N) is 1. The monoisotopic (exact) mass is 219 g/mol. The van der Waals surface area contributed by atoms with Crippen LogP contribution in [-0.4, -0.2) is 48.3 Å². The van der Waals surface area contributed by atoms with Crippen LogP contribution in [0.3, 0.4) is 0 Å². The molecule has 0 aliphatic carbocycles. The molecular formula is C12H17N3O. The Bertz CT molecular complexity index is 321. The Kier molecular flexibility index (Phi) is 2.86. The summed E-state index contributed by atoms with van der Waals surface area (Å²) in [6.45, 7) is 4.69. The lowest BCUT2D eigenvalue weighted by atomic mass is 10.1. The van der Waals surface area contributed by atoms with E-state index in [0.29, 0.717) is 12.1 Å². The van der Waals surface area contributed by atoms with Crippen LogP contribution in [0.1, 0.15) is 5.69 Å². The summed E-state index contributed by atoms with van der Waals surface area (Å²) in [6.07, 6.45) is 1.86. The van der Waals surface area contributed by atoms with Crippen LogP contribution >= 0.6 is 0 Å². The number of hydrogen-bond acceptors (Lipinski definition) is 4. The Morgan fingerprint density at radius 1 is 1.31 bits per heavy atom. The maximum absolute atomic E-state index is 5.60. The van der Waals surface area contributed by atoms with Crippen molar-refractivity contribution in [2.24, 2.45) is 0 Å². The van der Waals surface area contributed by atoms with Gasteiger partial charge in [-0.05, 0) is 12.1 Å². The van der Waals surface area contributed by atoms with Crippen molar-refractivity contribution < 1.29 is 4.74 Å². The Hall–Kier alpha value is -0.970. The van der Waals surface area contributed by atoms with E-state index in [0.717, 1.165) is 38.5 Å². The van der Waals surface area contributed by atoms with E-state index in [4.69, 9.17) is 4.74 Å². The van der Waals surface area contributed by atoms with Gasteiger partial charge in [-0.15, -0.1) is 0 Å². The molecule has 1 N–H and O–H groups in total. The predicted molar refractivity (Wildman–Crippen MR) is 61.0 cm³/mol. The van der Waals surface area contributed by atoms with E-state index in [9.17, 15) is 0 Å². The van der Waals surface area contributed by atoms with Crippen molar-refractivity contribution in [2.45, 2.75) is 18.6 Å². The molecular weight excluding hydrogens is 202 g/mol. The lowest BCUT2D eigenvalue weighted by Gasteiger charge is -2.45. The number of nitrogens with zero attached hydrogens (tertiary/aromatic N) is 2. The number of pyridine rings is 1. The summed E-state index contributed by atoms with van der Waals surface area (Å²) in [6, 6.07) is 7.13. The van der Waals surface area contributed by atoms with Crippen molar-refractivity contribution in [1.29, 1.82) is 0 Å². The average molecular weight is 219 g/mol. The second kappa shape index (κ2) is 4.49. The number of hydrogen-bond donors (Lipinski definition) is 1. The fourth-order valence-corrected chi connectivity index (χ4v) is 2.54. The van der Waals surface area contributed by atoms with Crippen molar-refractivity contribution in [3.63, 3.8) is 0 Å². The molecule has 4 heteroatoms. The van der Waals surface area contributed by atoms with Crippen LogP contribution < -0.4 is 5.32 Å². The van der Waals surface area contributed by atoms with Crippen LogP contribution in [0.4, 0.5) is 0 Å². The molecule has 2 fully saturated rings. The van der Waals surface area contributed by atoms with E-state index in [1.165, 1.54) is 0 Å². The van der Waals surface area contributed by atoms with Gasteiger partial charge in [0.25, 0.3) is 0 Å². The molecule has 3 heterocycles. The summed E-state index contributed by atoms with van der Waals surface area (Å²) in [5.74, 6) is 0. The standard InChI is InChI=1S/C12H17N3O/c1-2-4-14-10(3-1)7-15-11-5-13-6-12(15)9-16-8-11/h1-4,11-13H,5-9H2. The summed E-state index contributed by atoms with van der Waals surface area (Å²) in [4.78, 5) is 6.93. The van der Waals surface area contributed by atoms with Crippen molar-refractivity contribution in [3.05, 3.63) is 30.1 Å². The molecule has 1 aromatic rings. The van der Waals surface area contributed by atoms with Gasteiger partial charge in [0.2, 0.25) is 0 Å². The van der Waals surface area contributed by atoms with Crippen molar-refractivity contribution in [2.75, 3.05) is 26.3 Å². The predicted octanol–water partition coefficient (Wildman–Crippen LogP) is 0.254. The third-order valence-corrected chi connectivity index (χ3v) is 3.39. The van der Waals surface area contributed by atoms with Crippen molar-refractivity contribution >= 4 is 0 Å². The zero-order valence-corrected chi connectivity index (χ0v) is 9.30. The van der Waals surface area contributed by atoms with E-state index in [-0.39, 0.29) is 0 Å². The Labute approximate surface area is 95.6 Å². The largest absolute Gasteiger partial charge is 0.378 e. The number of fused-ring (bicyclic) bond motifs is 2. The van der Waals surface area contributed by atoms with Crippen LogP contribution in [0, 0.1) is 0 Å². The minimum absolute atomic E-state index is 0.509. The molecule has 2 aliphatic heterocycles. The molecule has 2 unspecified atom stereocenters. The molecule has 0 aromatic carbocycles. The van der Waals surface area contributed by atoms with Gasteiger partial charge in [-0.1, -0.05) is 6.07 Å². The number of piperazine rings is 1. The van der Waals surface area contributed by atoms with Crippen LogP contribution in [0.5, 0.6) is 0 Å². The molecule has 86 valence electrons. The minimum atomic E-state index is 0.509. The van der Waals surface area contributed by atoms with Gasteiger partial charge in [0.1, 0.15) is 0 Å². The van der Waals surface area contributed by atoms with E-state index in [1.54, 1.807) is 0 Å².